The van der Waals surface area contributed by atoms with Crippen LogP contribution in [0.5, 0.6) is 5.75 Å². The highest BCUT2D eigenvalue weighted by molar-refractivity contribution is 7.89. The Hall–Kier alpha value is -3.18. The van der Waals surface area contributed by atoms with Crippen LogP contribution >= 0.6 is 11.6 Å². The Kier molecular flexibility index (Phi) is 14.5. The molecule has 2 aliphatic rings. The van der Waals surface area contributed by atoms with Gasteiger partial charge in [-0.2, -0.15) is 9.04 Å². The summed E-state index contributed by atoms with van der Waals surface area (Å²) in [6, 6.07) is 14.0. The van der Waals surface area contributed by atoms with E-state index in [0.717, 1.165) is 40.0 Å². The van der Waals surface area contributed by atoms with Crippen LogP contribution < -0.4 is 9.47 Å². The second kappa shape index (κ2) is 18.6. The molecule has 0 amide bonds. The highest BCUT2D eigenvalue weighted by atomic mass is 35.5. The number of para-hydroxylation sites is 1. The van der Waals surface area contributed by atoms with Gasteiger partial charge in [-0.25, -0.2) is 8.42 Å². The molecular weight excluding hydrogens is 740 g/mol. The summed E-state index contributed by atoms with van der Waals surface area (Å²) in [6.07, 6.45) is 2.99. The molecule has 2 aliphatic carbocycles. The monoisotopic (exact) mass is 790 g/mol. The van der Waals surface area contributed by atoms with Crippen molar-refractivity contribution < 1.29 is 52.9 Å². The molecular formula is C39H51ClN2O11S. The molecule has 5 N–H and O–H groups in total. The zero-order valence-corrected chi connectivity index (χ0v) is 32.0. The first kappa shape index (κ1) is 42.0. The molecule has 296 valence electrons. The summed E-state index contributed by atoms with van der Waals surface area (Å²) in [5.41, 5.74) is 2.17. The third kappa shape index (κ3) is 10.4. The van der Waals surface area contributed by atoms with Crippen LogP contribution in [-0.4, -0.2) is 94.8 Å². The van der Waals surface area contributed by atoms with E-state index in [1.54, 1.807) is 13.0 Å². The van der Waals surface area contributed by atoms with Crippen LogP contribution in [-0.2, 0) is 31.8 Å². The summed E-state index contributed by atoms with van der Waals surface area (Å²) in [4.78, 5) is 12.6. The quantitative estimate of drug-likeness (QED) is 0.0534. The highest BCUT2D eigenvalue weighted by Crippen LogP contribution is 2.53. The van der Waals surface area contributed by atoms with E-state index in [9.17, 15) is 38.8 Å². The maximum absolute atomic E-state index is 13.8. The number of ketones is 1. The third-order valence-corrected chi connectivity index (χ3v) is 12.5. The van der Waals surface area contributed by atoms with Crippen molar-refractivity contribution in [2.75, 3.05) is 26.3 Å². The van der Waals surface area contributed by atoms with Crippen LogP contribution in [0.1, 0.15) is 75.8 Å². The van der Waals surface area contributed by atoms with Crippen LogP contribution in [0.25, 0.3) is 11.1 Å². The maximum atomic E-state index is 13.8. The molecule has 0 bridgehead atoms. The first-order chi connectivity index (χ1) is 25.8. The fourth-order valence-corrected chi connectivity index (χ4v) is 8.27. The number of unbranched alkanes of at least 4 members (excludes halogenated alkanes) is 2. The van der Waals surface area contributed by atoms with Crippen molar-refractivity contribution in [2.24, 2.45) is 5.92 Å². The number of hydrogen-bond acceptors (Lipinski definition) is 11. The minimum absolute atomic E-state index is 0.0188. The first-order valence-electron chi connectivity index (χ1n) is 18.5. The number of halogens is 1. The molecule has 15 heteroatoms. The molecule has 5 rings (SSSR count). The minimum Gasteiger partial charge on any atom is -0.619 e. The predicted molar refractivity (Wildman–Crippen MR) is 200 cm³/mol. The molecule has 2 fully saturated rings. The summed E-state index contributed by atoms with van der Waals surface area (Å²) < 4.78 is 42.3. The van der Waals surface area contributed by atoms with Crippen molar-refractivity contribution in [3.05, 3.63) is 82.3 Å². The number of sulfonamides is 1. The van der Waals surface area contributed by atoms with Gasteiger partial charge in [0.1, 0.15) is 29.3 Å². The van der Waals surface area contributed by atoms with Crippen molar-refractivity contribution in [2.45, 2.75) is 106 Å². The third-order valence-electron chi connectivity index (χ3n) is 10.1. The van der Waals surface area contributed by atoms with Crippen LogP contribution in [0.4, 0.5) is 0 Å². The van der Waals surface area contributed by atoms with Gasteiger partial charge in [0.15, 0.2) is 12.4 Å². The standard InChI is InChI=1S/C39H51ClN2O11S/c1-2-42(18-7-3-4-8-28(45)20-26(23-43)37(47)38(48)35(46)24-44)54(50,51)30-13-14-34(40)27(21-30)25-52-39(16-17-39)33-22-41(49)19-15-31(33)32-9-5-6-10-36(32)53-29-11-12-29/h5-6,9-10,13-15,19,21-22,26,29,35,37-38,43-44,46-48H,2-4,7-8,11-12,16-18,20,23-25H2,1H3/t26-,35+,37+,38+/m0/s1. The fourth-order valence-electron chi connectivity index (χ4n) is 6.56. The Bertz CT molecular complexity index is 1840. The lowest BCUT2D eigenvalue weighted by atomic mass is 9.90. The lowest BCUT2D eigenvalue weighted by Crippen LogP contribution is -2.45. The first-order valence-corrected chi connectivity index (χ1v) is 20.3. The molecule has 1 aromatic heterocycles. The summed E-state index contributed by atoms with van der Waals surface area (Å²) in [5, 5.41) is 61.2. The molecule has 3 aromatic rings. The van der Waals surface area contributed by atoms with Crippen molar-refractivity contribution in [1.82, 2.24) is 4.31 Å². The van der Waals surface area contributed by atoms with Gasteiger partial charge in [-0.15, -0.1) is 0 Å². The van der Waals surface area contributed by atoms with Gasteiger partial charge < -0.3 is 40.2 Å². The molecule has 0 unspecified atom stereocenters. The zero-order valence-electron chi connectivity index (χ0n) is 30.4. The number of rotatable bonds is 23. The lowest BCUT2D eigenvalue weighted by Gasteiger charge is -2.27. The van der Waals surface area contributed by atoms with E-state index < -0.39 is 53.1 Å². The second-order valence-electron chi connectivity index (χ2n) is 14.2. The Morgan fingerprint density at radius 2 is 1.76 bits per heavy atom. The Morgan fingerprint density at radius 1 is 1.02 bits per heavy atom. The topological polar surface area (TPSA) is 201 Å². The lowest BCUT2D eigenvalue weighted by molar-refractivity contribution is -0.606. The maximum Gasteiger partial charge on any atom is 0.243 e. The number of Topliss-reactive ketones (excluding diaryl/α,β-unsaturated/α-hetero) is 1. The normalized spacial score (nSPS) is 17.6. The Morgan fingerprint density at radius 3 is 2.43 bits per heavy atom. The number of carbonyl (C=O) groups excluding carboxylic acids is 1. The summed E-state index contributed by atoms with van der Waals surface area (Å²) in [6.45, 7) is 0.820. The summed E-state index contributed by atoms with van der Waals surface area (Å²) >= 11 is 6.57. The second-order valence-corrected chi connectivity index (χ2v) is 16.6. The zero-order chi connectivity index (χ0) is 39.0. The van der Waals surface area contributed by atoms with Crippen LogP contribution in [0.3, 0.4) is 0 Å². The molecule has 0 aliphatic heterocycles. The minimum atomic E-state index is -3.91. The van der Waals surface area contributed by atoms with Gasteiger partial charge in [0.2, 0.25) is 10.0 Å². The number of hydrogen-bond donors (Lipinski definition) is 5. The number of aliphatic hydroxyl groups excluding tert-OH is 5. The summed E-state index contributed by atoms with van der Waals surface area (Å²) in [7, 11) is -3.91. The van der Waals surface area contributed by atoms with Gasteiger partial charge >= 0.3 is 0 Å². The van der Waals surface area contributed by atoms with Crippen molar-refractivity contribution >= 4 is 27.4 Å². The predicted octanol–water partition coefficient (Wildman–Crippen LogP) is 3.60. The molecule has 0 saturated heterocycles. The largest absolute Gasteiger partial charge is 0.619 e. The Balaban J connectivity index is 1.19. The number of aliphatic hydroxyl groups is 5. The molecule has 1 heterocycles. The number of carbonyl (C=O) groups is 1. The molecule has 0 radical (unpaired) electrons. The van der Waals surface area contributed by atoms with Gasteiger partial charge in [0.05, 0.1) is 35.9 Å². The van der Waals surface area contributed by atoms with E-state index >= 15 is 0 Å². The molecule has 4 atom stereocenters. The highest BCUT2D eigenvalue weighted by Gasteiger charge is 2.49. The van der Waals surface area contributed by atoms with E-state index in [4.69, 9.17) is 26.2 Å². The molecule has 2 saturated carbocycles. The van der Waals surface area contributed by atoms with Gasteiger partial charge in [0.25, 0.3) is 0 Å². The average Bonchev–Trinajstić information content (AvgIpc) is 4.12. The van der Waals surface area contributed by atoms with Crippen LogP contribution in [0, 0.1) is 11.1 Å². The van der Waals surface area contributed by atoms with E-state index in [2.05, 4.69) is 0 Å². The molecule has 0 spiro atoms. The molecule has 54 heavy (non-hydrogen) atoms. The van der Waals surface area contributed by atoms with Crippen LogP contribution in [0.2, 0.25) is 5.02 Å². The van der Waals surface area contributed by atoms with Crippen LogP contribution in [0.15, 0.2) is 65.8 Å². The van der Waals surface area contributed by atoms with E-state index in [1.165, 1.54) is 34.9 Å². The van der Waals surface area contributed by atoms with Gasteiger partial charge in [-0.3, -0.25) is 4.79 Å². The fraction of sp³-hybridized carbons (Fsp3) is 0.538. The smallest absolute Gasteiger partial charge is 0.243 e. The van der Waals surface area contributed by atoms with E-state index in [-0.39, 0.29) is 49.3 Å². The summed E-state index contributed by atoms with van der Waals surface area (Å²) in [5.74, 6) is -0.517. The number of nitrogens with zero attached hydrogens (tertiary/aromatic N) is 2. The van der Waals surface area contributed by atoms with Gasteiger partial charge in [-0.05, 0) is 68.4 Å². The van der Waals surface area contributed by atoms with Crippen molar-refractivity contribution in [1.29, 1.82) is 0 Å². The number of benzene rings is 2. The van der Waals surface area contributed by atoms with E-state index in [1.807, 2.05) is 24.3 Å². The number of aromatic nitrogens is 1. The molecule has 13 nitrogen and oxygen atoms in total. The van der Waals surface area contributed by atoms with Crippen molar-refractivity contribution in [3.8, 4) is 16.9 Å². The average molecular weight is 791 g/mol. The number of ether oxygens (including phenoxy) is 2. The Labute approximate surface area is 321 Å². The number of pyridine rings is 1. The van der Waals surface area contributed by atoms with Crippen molar-refractivity contribution in [3.63, 3.8) is 0 Å². The molecule has 2 aromatic carbocycles. The van der Waals surface area contributed by atoms with E-state index in [0.29, 0.717) is 42.7 Å². The van der Waals surface area contributed by atoms with Gasteiger partial charge in [-0.1, -0.05) is 43.1 Å². The SMILES string of the molecule is CCN(CCCCCC(=O)C[C@@H](CO)[C@@H](O)[C@H](O)[C@H](O)CO)S(=O)(=O)c1ccc(Cl)c(COC2(c3c[n+]([O-])ccc3-c3ccccc3OC3CC3)CC2)c1. The van der Waals surface area contributed by atoms with Gasteiger partial charge in [0, 0.05) is 60.7 Å².